The third-order valence-corrected chi connectivity index (χ3v) is 5.08. The summed E-state index contributed by atoms with van der Waals surface area (Å²) in [7, 11) is 0. The number of carbonyl (C=O) groups is 1. The van der Waals surface area contributed by atoms with Crippen LogP contribution in [0.15, 0.2) is 66.7 Å². The number of halogens is 1. The summed E-state index contributed by atoms with van der Waals surface area (Å²) in [5.41, 5.74) is 2.33. The molecule has 1 heterocycles. The fourth-order valence-electron chi connectivity index (χ4n) is 2.48. The normalized spacial score (nSPS) is 10.5. The second-order valence-electron chi connectivity index (χ2n) is 5.52. The first kappa shape index (κ1) is 16.7. The zero-order valence-corrected chi connectivity index (χ0v) is 14.7. The molecule has 0 fully saturated rings. The third kappa shape index (κ3) is 4.47. The zero-order chi connectivity index (χ0) is 16.8. The molecule has 0 atom stereocenters. The maximum Gasteiger partial charge on any atom is 0.261 e. The minimum Gasteiger partial charge on any atom is -0.351 e. The lowest BCUT2D eigenvalue weighted by Crippen LogP contribution is -2.23. The van der Waals surface area contributed by atoms with Crippen LogP contribution >= 0.6 is 22.9 Å². The van der Waals surface area contributed by atoms with Crippen molar-refractivity contribution >= 4 is 28.8 Å². The Morgan fingerprint density at radius 1 is 1.00 bits per heavy atom. The zero-order valence-electron chi connectivity index (χ0n) is 13.2. The van der Waals surface area contributed by atoms with Crippen LogP contribution in [0.5, 0.6) is 0 Å². The molecule has 0 spiro atoms. The molecule has 0 aliphatic rings. The minimum absolute atomic E-state index is 0.0126. The molecule has 2 aromatic carbocycles. The fourth-order valence-corrected chi connectivity index (χ4v) is 3.59. The molecule has 0 radical (unpaired) electrons. The molecular weight excluding hydrogens is 338 g/mol. The van der Waals surface area contributed by atoms with Gasteiger partial charge in [-0.3, -0.25) is 4.79 Å². The molecule has 1 N–H and O–H groups in total. The quantitative estimate of drug-likeness (QED) is 0.587. The monoisotopic (exact) mass is 355 g/mol. The number of rotatable bonds is 6. The number of nitrogens with one attached hydrogen (secondary N) is 1. The lowest BCUT2D eigenvalue weighted by Gasteiger charge is -2.04. The van der Waals surface area contributed by atoms with E-state index >= 15 is 0 Å². The van der Waals surface area contributed by atoms with Gasteiger partial charge in [0.05, 0.1) is 4.88 Å². The van der Waals surface area contributed by atoms with Crippen molar-refractivity contribution in [2.75, 3.05) is 6.54 Å². The standard InChI is InChI=1S/C20H18ClNOS/c21-17-10-4-9-16(14-17)18-11-12-19(24-18)20(23)22-13-5-8-15-6-2-1-3-7-15/h1-4,6-7,9-12,14H,5,8,13H2,(H,22,23). The van der Waals surface area contributed by atoms with Crippen LogP contribution in [0.2, 0.25) is 5.02 Å². The van der Waals surface area contributed by atoms with Crippen LogP contribution in [0.3, 0.4) is 0 Å². The Kier molecular flexibility index (Phi) is 5.68. The Morgan fingerprint density at radius 2 is 1.83 bits per heavy atom. The Bertz CT molecular complexity index is 813. The SMILES string of the molecule is O=C(NCCCc1ccccc1)c1ccc(-c2cccc(Cl)c2)s1. The van der Waals surface area contributed by atoms with Crippen molar-refractivity contribution in [3.63, 3.8) is 0 Å². The van der Waals surface area contributed by atoms with Gasteiger partial charge in [-0.25, -0.2) is 0 Å². The lowest BCUT2D eigenvalue weighted by atomic mass is 10.1. The van der Waals surface area contributed by atoms with E-state index < -0.39 is 0 Å². The molecule has 0 aliphatic heterocycles. The molecule has 0 saturated heterocycles. The summed E-state index contributed by atoms with van der Waals surface area (Å²) in [5.74, 6) is -0.0126. The smallest absolute Gasteiger partial charge is 0.261 e. The average Bonchev–Trinajstić information content (AvgIpc) is 3.10. The van der Waals surface area contributed by atoms with E-state index in [1.165, 1.54) is 16.9 Å². The summed E-state index contributed by atoms with van der Waals surface area (Å²) >= 11 is 7.51. The summed E-state index contributed by atoms with van der Waals surface area (Å²) in [4.78, 5) is 14.0. The van der Waals surface area contributed by atoms with E-state index in [2.05, 4.69) is 17.4 Å². The Balaban J connectivity index is 1.52. The van der Waals surface area contributed by atoms with Gasteiger partial charge in [0.25, 0.3) is 5.91 Å². The first-order valence-electron chi connectivity index (χ1n) is 7.90. The van der Waals surface area contributed by atoms with E-state index in [1.54, 1.807) is 0 Å². The Morgan fingerprint density at radius 3 is 2.62 bits per heavy atom. The molecule has 1 aromatic heterocycles. The predicted octanol–water partition coefficient (Wildman–Crippen LogP) is 5.43. The van der Waals surface area contributed by atoms with Crippen molar-refractivity contribution in [3.05, 3.63) is 82.2 Å². The lowest BCUT2D eigenvalue weighted by molar-refractivity contribution is 0.0957. The minimum atomic E-state index is -0.0126. The van der Waals surface area contributed by atoms with Gasteiger partial charge in [-0.1, -0.05) is 54.1 Å². The van der Waals surface area contributed by atoms with Crippen LogP contribution < -0.4 is 5.32 Å². The van der Waals surface area contributed by atoms with Crippen LogP contribution in [0, 0.1) is 0 Å². The van der Waals surface area contributed by atoms with Crippen LogP contribution in [0.4, 0.5) is 0 Å². The second kappa shape index (κ2) is 8.13. The van der Waals surface area contributed by atoms with Crippen molar-refractivity contribution in [1.29, 1.82) is 0 Å². The summed E-state index contributed by atoms with van der Waals surface area (Å²) in [6.07, 6.45) is 1.90. The van der Waals surface area contributed by atoms with Gasteiger partial charge in [0, 0.05) is 16.4 Å². The molecule has 2 nitrogen and oxygen atoms in total. The van der Waals surface area contributed by atoms with Crippen molar-refractivity contribution in [2.45, 2.75) is 12.8 Å². The predicted molar refractivity (Wildman–Crippen MR) is 102 cm³/mol. The van der Waals surface area contributed by atoms with Crippen molar-refractivity contribution < 1.29 is 4.79 Å². The van der Waals surface area contributed by atoms with Gasteiger partial charge in [-0.05, 0) is 48.2 Å². The average molecular weight is 356 g/mol. The molecule has 0 bridgehead atoms. The van der Waals surface area contributed by atoms with Crippen molar-refractivity contribution in [1.82, 2.24) is 5.32 Å². The van der Waals surface area contributed by atoms with E-state index in [9.17, 15) is 4.79 Å². The highest BCUT2D eigenvalue weighted by molar-refractivity contribution is 7.17. The summed E-state index contributed by atoms with van der Waals surface area (Å²) in [6.45, 7) is 0.679. The Labute approximate surface area is 151 Å². The van der Waals surface area contributed by atoms with E-state index in [0.29, 0.717) is 11.6 Å². The topological polar surface area (TPSA) is 29.1 Å². The van der Waals surface area contributed by atoms with Gasteiger partial charge in [-0.15, -0.1) is 11.3 Å². The van der Waals surface area contributed by atoms with E-state index in [1.807, 2.05) is 54.6 Å². The van der Waals surface area contributed by atoms with Gasteiger partial charge in [0.2, 0.25) is 0 Å². The molecule has 24 heavy (non-hydrogen) atoms. The molecule has 0 unspecified atom stereocenters. The highest BCUT2D eigenvalue weighted by Crippen LogP contribution is 2.29. The summed E-state index contributed by atoms with van der Waals surface area (Å²) < 4.78 is 0. The number of hydrogen-bond acceptors (Lipinski definition) is 2. The van der Waals surface area contributed by atoms with Gasteiger partial charge in [0.15, 0.2) is 0 Å². The number of aryl methyl sites for hydroxylation is 1. The highest BCUT2D eigenvalue weighted by atomic mass is 35.5. The summed E-state index contributed by atoms with van der Waals surface area (Å²) in [5, 5.41) is 3.69. The third-order valence-electron chi connectivity index (χ3n) is 3.71. The fraction of sp³-hybridized carbons (Fsp3) is 0.150. The van der Waals surface area contributed by atoms with E-state index in [-0.39, 0.29) is 5.91 Å². The van der Waals surface area contributed by atoms with Gasteiger partial charge in [0.1, 0.15) is 0 Å². The molecular formula is C20H18ClNOS. The Hall–Kier alpha value is -2.10. The summed E-state index contributed by atoms with van der Waals surface area (Å²) in [6, 6.07) is 21.8. The maximum atomic E-state index is 12.2. The largest absolute Gasteiger partial charge is 0.351 e. The maximum absolute atomic E-state index is 12.2. The van der Waals surface area contributed by atoms with Crippen molar-refractivity contribution in [2.24, 2.45) is 0 Å². The highest BCUT2D eigenvalue weighted by Gasteiger charge is 2.10. The molecule has 122 valence electrons. The van der Waals surface area contributed by atoms with Gasteiger partial charge >= 0.3 is 0 Å². The second-order valence-corrected chi connectivity index (χ2v) is 7.04. The number of thiophene rings is 1. The molecule has 3 aromatic rings. The first-order chi connectivity index (χ1) is 11.7. The van der Waals surface area contributed by atoms with Crippen LogP contribution in [0.1, 0.15) is 21.7 Å². The van der Waals surface area contributed by atoms with E-state index in [0.717, 1.165) is 28.2 Å². The number of hydrogen-bond donors (Lipinski definition) is 1. The molecule has 0 aliphatic carbocycles. The van der Waals surface area contributed by atoms with Crippen LogP contribution in [0.25, 0.3) is 10.4 Å². The molecule has 3 rings (SSSR count). The van der Waals surface area contributed by atoms with Crippen molar-refractivity contribution in [3.8, 4) is 10.4 Å². The number of carbonyl (C=O) groups excluding carboxylic acids is 1. The van der Waals surface area contributed by atoms with E-state index in [4.69, 9.17) is 11.6 Å². The van der Waals surface area contributed by atoms with Crippen LogP contribution in [-0.2, 0) is 6.42 Å². The number of amides is 1. The van der Waals surface area contributed by atoms with Gasteiger partial charge in [-0.2, -0.15) is 0 Å². The van der Waals surface area contributed by atoms with Crippen LogP contribution in [-0.4, -0.2) is 12.5 Å². The first-order valence-corrected chi connectivity index (χ1v) is 9.10. The molecule has 4 heteroatoms. The van der Waals surface area contributed by atoms with Gasteiger partial charge < -0.3 is 5.32 Å². The molecule has 1 amide bonds. The molecule has 0 saturated carbocycles. The number of benzene rings is 2.